The lowest BCUT2D eigenvalue weighted by molar-refractivity contribution is 0.102. The van der Waals surface area contributed by atoms with Crippen LogP contribution in [0.2, 0.25) is 0 Å². The fourth-order valence-corrected chi connectivity index (χ4v) is 3.52. The van der Waals surface area contributed by atoms with Gasteiger partial charge in [-0.05, 0) is 44.0 Å². The molecule has 150 valence electrons. The fraction of sp³-hybridized carbons (Fsp3) is 0.381. The number of pyridine rings is 2. The fourth-order valence-electron chi connectivity index (χ4n) is 3.52. The Kier molecular flexibility index (Phi) is 4.55. The highest BCUT2D eigenvalue weighted by atomic mass is 16.5. The number of imidazole rings is 1. The average molecular weight is 392 g/mol. The predicted molar refractivity (Wildman–Crippen MR) is 111 cm³/mol. The van der Waals surface area contributed by atoms with Crippen molar-refractivity contribution in [2.75, 3.05) is 36.4 Å². The maximum atomic E-state index is 12.8. The minimum atomic E-state index is -0.210. The van der Waals surface area contributed by atoms with Crippen molar-refractivity contribution in [1.29, 1.82) is 0 Å². The molecule has 8 heteroatoms. The summed E-state index contributed by atoms with van der Waals surface area (Å²) in [5.74, 6) is 1.04. The normalized spacial score (nSPS) is 16.8. The summed E-state index contributed by atoms with van der Waals surface area (Å²) in [5, 5.41) is 6.21. The molecule has 1 saturated heterocycles. The average Bonchev–Trinajstić information content (AvgIpc) is 3.52. The highest BCUT2D eigenvalue weighted by Gasteiger charge is 2.26. The molecule has 3 aromatic heterocycles. The number of amides is 1. The van der Waals surface area contributed by atoms with E-state index in [1.165, 1.54) is 0 Å². The van der Waals surface area contributed by atoms with Crippen LogP contribution < -0.4 is 20.3 Å². The molecule has 0 spiro atoms. The van der Waals surface area contributed by atoms with Crippen molar-refractivity contribution in [2.24, 2.45) is 0 Å². The molecule has 1 aliphatic carbocycles. The van der Waals surface area contributed by atoms with Gasteiger partial charge >= 0.3 is 0 Å². The topological polar surface area (TPSA) is 83.8 Å². The molecule has 1 aliphatic heterocycles. The number of nitrogens with one attached hydrogen (secondary N) is 2. The van der Waals surface area contributed by atoms with Crippen molar-refractivity contribution in [3.8, 4) is 5.88 Å². The number of aromatic nitrogens is 3. The van der Waals surface area contributed by atoms with Gasteiger partial charge in [-0.3, -0.25) is 9.20 Å². The van der Waals surface area contributed by atoms with Crippen LogP contribution in [-0.2, 0) is 0 Å². The number of piperazine rings is 1. The maximum Gasteiger partial charge on any atom is 0.258 e. The van der Waals surface area contributed by atoms with E-state index in [1.807, 2.05) is 35.7 Å². The van der Waals surface area contributed by atoms with Crippen molar-refractivity contribution in [3.63, 3.8) is 0 Å². The van der Waals surface area contributed by atoms with Gasteiger partial charge in [0, 0.05) is 32.4 Å². The van der Waals surface area contributed by atoms with Crippen molar-refractivity contribution >= 4 is 23.1 Å². The Bertz CT molecular complexity index is 1040. The smallest absolute Gasteiger partial charge is 0.258 e. The second kappa shape index (κ2) is 7.36. The first kappa shape index (κ1) is 17.9. The maximum absolute atomic E-state index is 12.8. The van der Waals surface area contributed by atoms with Crippen LogP contribution in [0.1, 0.15) is 28.9 Å². The zero-order valence-electron chi connectivity index (χ0n) is 16.4. The minimum Gasteiger partial charge on any atom is -0.474 e. The number of fused-ring (bicyclic) bond motifs is 1. The van der Waals surface area contributed by atoms with Gasteiger partial charge in [-0.1, -0.05) is 0 Å². The van der Waals surface area contributed by atoms with E-state index in [2.05, 4.69) is 25.5 Å². The molecule has 29 heavy (non-hydrogen) atoms. The molecule has 2 aliphatic rings. The van der Waals surface area contributed by atoms with E-state index < -0.39 is 0 Å². The molecular weight excluding hydrogens is 368 g/mol. The predicted octanol–water partition coefficient (Wildman–Crippen LogP) is 2.24. The second-order valence-electron chi connectivity index (χ2n) is 7.56. The first-order valence-corrected chi connectivity index (χ1v) is 10.1. The van der Waals surface area contributed by atoms with Crippen LogP contribution >= 0.6 is 0 Å². The third kappa shape index (κ3) is 3.75. The number of anilines is 2. The molecule has 0 atom stereocenters. The van der Waals surface area contributed by atoms with Crippen LogP contribution in [-0.4, -0.2) is 52.6 Å². The van der Waals surface area contributed by atoms with E-state index >= 15 is 0 Å². The van der Waals surface area contributed by atoms with E-state index in [9.17, 15) is 4.79 Å². The lowest BCUT2D eigenvalue weighted by atomic mass is 10.2. The summed E-state index contributed by atoms with van der Waals surface area (Å²) in [7, 11) is 0. The van der Waals surface area contributed by atoms with Gasteiger partial charge in [0.05, 0.1) is 17.4 Å². The standard InChI is InChI=1S/C21H24N6O2/c1-14-21(29-17-4-5-17)27-13-15(2-7-19(27)24-14)20(28)25-18-6-3-16(12-23-18)26-10-8-22-9-11-26/h2-3,6-7,12-13,17,22H,4-5,8-11H2,1H3,(H,23,25,28). The SMILES string of the molecule is Cc1nc2ccc(C(=O)Nc3ccc(N4CCNCC4)cn3)cn2c1OC1CC1. The molecule has 8 nitrogen and oxygen atoms in total. The van der Waals surface area contributed by atoms with Crippen LogP contribution in [0.25, 0.3) is 5.65 Å². The molecule has 0 unspecified atom stereocenters. The summed E-state index contributed by atoms with van der Waals surface area (Å²) in [6.07, 6.45) is 6.00. The number of hydrogen-bond donors (Lipinski definition) is 2. The van der Waals surface area contributed by atoms with Crippen LogP contribution in [0.4, 0.5) is 11.5 Å². The number of nitrogens with zero attached hydrogens (tertiary/aromatic N) is 4. The van der Waals surface area contributed by atoms with Crippen LogP contribution in [0.5, 0.6) is 5.88 Å². The van der Waals surface area contributed by atoms with Gasteiger partial charge in [-0.25, -0.2) is 9.97 Å². The Balaban J connectivity index is 1.32. The first-order valence-electron chi connectivity index (χ1n) is 10.1. The third-order valence-electron chi connectivity index (χ3n) is 5.27. The summed E-state index contributed by atoms with van der Waals surface area (Å²) < 4.78 is 7.83. The lowest BCUT2D eigenvalue weighted by Crippen LogP contribution is -2.43. The Morgan fingerprint density at radius 2 is 2.03 bits per heavy atom. The van der Waals surface area contributed by atoms with Gasteiger partial charge in [-0.2, -0.15) is 0 Å². The quantitative estimate of drug-likeness (QED) is 0.693. The van der Waals surface area contributed by atoms with Gasteiger partial charge in [0.2, 0.25) is 5.88 Å². The zero-order chi connectivity index (χ0) is 19.8. The highest BCUT2D eigenvalue weighted by molar-refractivity contribution is 6.03. The summed E-state index contributed by atoms with van der Waals surface area (Å²) in [5.41, 5.74) is 3.21. The Morgan fingerprint density at radius 1 is 1.21 bits per heavy atom. The van der Waals surface area contributed by atoms with Crippen LogP contribution in [0.15, 0.2) is 36.7 Å². The molecule has 3 aromatic rings. The third-order valence-corrected chi connectivity index (χ3v) is 5.27. The monoisotopic (exact) mass is 392 g/mol. The number of carbonyl (C=O) groups is 1. The molecule has 4 heterocycles. The molecule has 0 aromatic carbocycles. The van der Waals surface area contributed by atoms with E-state index in [0.717, 1.165) is 61.9 Å². The molecule has 1 amide bonds. The summed E-state index contributed by atoms with van der Waals surface area (Å²) in [4.78, 5) is 24.0. The van der Waals surface area contributed by atoms with Crippen molar-refractivity contribution in [2.45, 2.75) is 25.9 Å². The Hall–Kier alpha value is -3.13. The van der Waals surface area contributed by atoms with Gasteiger partial charge in [0.1, 0.15) is 23.3 Å². The number of carbonyl (C=O) groups excluding carboxylic acids is 1. The van der Waals surface area contributed by atoms with Gasteiger partial charge in [0.15, 0.2) is 0 Å². The van der Waals surface area contributed by atoms with E-state index in [-0.39, 0.29) is 12.0 Å². The summed E-state index contributed by atoms with van der Waals surface area (Å²) in [6.45, 7) is 5.79. The van der Waals surface area contributed by atoms with E-state index in [0.29, 0.717) is 11.4 Å². The second-order valence-corrected chi connectivity index (χ2v) is 7.56. The summed E-state index contributed by atoms with van der Waals surface area (Å²) in [6, 6.07) is 7.45. The largest absolute Gasteiger partial charge is 0.474 e. The van der Waals surface area contributed by atoms with Gasteiger partial charge in [0.25, 0.3) is 5.91 Å². The lowest BCUT2D eigenvalue weighted by Gasteiger charge is -2.29. The molecule has 2 N–H and O–H groups in total. The van der Waals surface area contributed by atoms with Crippen molar-refractivity contribution in [1.82, 2.24) is 19.7 Å². The Labute approximate surface area is 168 Å². The molecule has 1 saturated carbocycles. The molecule has 0 bridgehead atoms. The Morgan fingerprint density at radius 3 is 2.76 bits per heavy atom. The van der Waals surface area contributed by atoms with Crippen molar-refractivity contribution in [3.05, 3.63) is 47.9 Å². The number of hydrogen-bond acceptors (Lipinski definition) is 6. The number of ether oxygens (including phenoxy) is 1. The van der Waals surface area contributed by atoms with Crippen LogP contribution in [0.3, 0.4) is 0 Å². The zero-order valence-corrected chi connectivity index (χ0v) is 16.4. The first-order chi connectivity index (χ1) is 14.2. The summed E-state index contributed by atoms with van der Waals surface area (Å²) >= 11 is 0. The van der Waals surface area contributed by atoms with E-state index in [4.69, 9.17) is 4.74 Å². The molecule has 0 radical (unpaired) electrons. The number of aryl methyl sites for hydroxylation is 1. The van der Waals surface area contributed by atoms with Crippen LogP contribution in [0, 0.1) is 6.92 Å². The van der Waals surface area contributed by atoms with Crippen molar-refractivity contribution < 1.29 is 9.53 Å². The molecular formula is C21H24N6O2. The molecule has 5 rings (SSSR count). The van der Waals surface area contributed by atoms with Gasteiger partial charge < -0.3 is 20.3 Å². The number of rotatable bonds is 5. The minimum absolute atomic E-state index is 0.210. The molecule has 2 fully saturated rings. The van der Waals surface area contributed by atoms with Gasteiger partial charge in [-0.15, -0.1) is 0 Å². The highest BCUT2D eigenvalue weighted by Crippen LogP contribution is 2.30. The van der Waals surface area contributed by atoms with E-state index in [1.54, 1.807) is 12.3 Å².